The maximum atomic E-state index is 13.2. The third-order valence-electron chi connectivity index (χ3n) is 16.1. The first-order chi connectivity index (χ1) is 45.3. The number of aromatic nitrogens is 3. The molecule has 1 saturated heterocycles. The minimum atomic E-state index is -1.11. The first-order valence-electron chi connectivity index (χ1n) is 35.0. The number of ketones is 4. The van der Waals surface area contributed by atoms with Crippen LogP contribution in [0, 0.1) is 18.8 Å². The Morgan fingerprint density at radius 1 is 0.653 bits per heavy atom. The zero-order chi connectivity index (χ0) is 71.1. The van der Waals surface area contributed by atoms with Crippen molar-refractivity contribution in [3.63, 3.8) is 0 Å². The maximum Gasteiger partial charge on any atom is 0.243 e. The second kappa shape index (κ2) is 50.4. The molecule has 22 nitrogen and oxygen atoms in total. The van der Waals surface area contributed by atoms with Gasteiger partial charge in [0.1, 0.15) is 6.04 Å². The summed E-state index contributed by atoms with van der Waals surface area (Å²) in [5.74, 6) is -3.27. The number of aromatic amines is 2. The lowest BCUT2D eigenvalue weighted by molar-refractivity contribution is -0.132. The van der Waals surface area contributed by atoms with Gasteiger partial charge in [-0.1, -0.05) is 138 Å². The molecule has 2 atom stereocenters. The van der Waals surface area contributed by atoms with Gasteiger partial charge >= 0.3 is 0 Å². The van der Waals surface area contributed by atoms with Crippen LogP contribution in [0.4, 0.5) is 0 Å². The van der Waals surface area contributed by atoms with Crippen LogP contribution in [-0.4, -0.2) is 185 Å². The van der Waals surface area contributed by atoms with Gasteiger partial charge in [-0.05, 0) is 113 Å². The smallest absolute Gasteiger partial charge is 0.243 e. The number of primary amides is 1. The van der Waals surface area contributed by atoms with Crippen LogP contribution in [0.5, 0.6) is 0 Å². The highest BCUT2D eigenvalue weighted by molar-refractivity contribution is 5.95. The molecule has 11 N–H and O–H groups in total. The highest BCUT2D eigenvalue weighted by Crippen LogP contribution is 2.27. The largest absolute Gasteiger partial charge is 0.370 e. The number of amides is 5. The number of likely N-dealkylation sites (N-methyl/N-ethyl adjacent to an activating group) is 3. The van der Waals surface area contributed by atoms with Gasteiger partial charge in [0.2, 0.25) is 29.5 Å². The number of rotatable bonds is 39. The molecule has 0 bridgehead atoms. The molecule has 0 saturated carbocycles. The molecule has 0 aliphatic carbocycles. The van der Waals surface area contributed by atoms with Crippen LogP contribution in [0.2, 0.25) is 0 Å². The Hall–Kier alpha value is -6.98. The molecule has 22 heteroatoms. The molecule has 1 fully saturated rings. The van der Waals surface area contributed by atoms with Crippen molar-refractivity contribution in [2.45, 2.75) is 210 Å². The second-order valence-electron chi connectivity index (χ2n) is 25.5. The highest BCUT2D eigenvalue weighted by Gasteiger charge is 2.39. The van der Waals surface area contributed by atoms with Gasteiger partial charge in [-0.25, -0.2) is 4.98 Å². The summed E-state index contributed by atoms with van der Waals surface area (Å²) in [5.41, 5.74) is 15.3. The normalized spacial score (nSPS) is 13.4. The van der Waals surface area contributed by atoms with Crippen molar-refractivity contribution in [3.05, 3.63) is 89.6 Å². The van der Waals surface area contributed by atoms with Gasteiger partial charge in [-0.3, -0.25) is 48.1 Å². The first kappa shape index (κ1) is 86.0. The highest BCUT2D eigenvalue weighted by atomic mass is 16.2. The molecule has 2 aromatic carbocycles. The second-order valence-corrected chi connectivity index (χ2v) is 25.5. The van der Waals surface area contributed by atoms with E-state index in [2.05, 4.69) is 151 Å². The number of Topliss-reactive ketones (excluding diaryl/α,β-unsaturated/α-hetero) is 4. The molecule has 1 aliphatic heterocycles. The van der Waals surface area contributed by atoms with Crippen molar-refractivity contribution in [2.75, 3.05) is 85.1 Å². The van der Waals surface area contributed by atoms with E-state index in [4.69, 9.17) is 11.5 Å². The fourth-order valence-corrected chi connectivity index (χ4v) is 10.5. The van der Waals surface area contributed by atoms with Gasteiger partial charge in [0, 0.05) is 118 Å². The van der Waals surface area contributed by atoms with E-state index in [1.165, 1.54) is 41.8 Å². The molecular formula is C73H123N13O9. The summed E-state index contributed by atoms with van der Waals surface area (Å²) in [6.45, 7) is 37.3. The molecule has 534 valence electrons. The summed E-state index contributed by atoms with van der Waals surface area (Å²) in [6, 6.07) is 14.1. The molecular weight excluding hydrogens is 1200 g/mol. The van der Waals surface area contributed by atoms with Crippen LogP contribution in [0.25, 0.3) is 10.9 Å². The van der Waals surface area contributed by atoms with Crippen LogP contribution in [0.3, 0.4) is 0 Å². The van der Waals surface area contributed by atoms with E-state index in [1.54, 1.807) is 13.8 Å². The number of aryl methyl sites for hydroxylation is 2. The van der Waals surface area contributed by atoms with Gasteiger partial charge in [0.25, 0.3) is 0 Å². The van der Waals surface area contributed by atoms with Gasteiger partial charge < -0.3 is 57.8 Å². The van der Waals surface area contributed by atoms with Crippen molar-refractivity contribution < 1.29 is 43.2 Å². The van der Waals surface area contributed by atoms with E-state index < -0.39 is 47.3 Å². The summed E-state index contributed by atoms with van der Waals surface area (Å²) in [7, 11) is 0. The van der Waals surface area contributed by atoms with Gasteiger partial charge in [-0.15, -0.1) is 0 Å². The van der Waals surface area contributed by atoms with Gasteiger partial charge in [0.05, 0.1) is 32.0 Å². The Morgan fingerprint density at radius 2 is 1.22 bits per heavy atom. The maximum absolute atomic E-state index is 13.2. The van der Waals surface area contributed by atoms with E-state index in [1.807, 2.05) is 36.5 Å². The summed E-state index contributed by atoms with van der Waals surface area (Å²) >= 11 is 0. The molecule has 2 aromatic heterocycles. The number of imidazole rings is 1. The number of carbonyl (C=O) groups is 9. The Bertz CT molecular complexity index is 2790. The molecule has 3 heterocycles. The third kappa shape index (κ3) is 37.8. The van der Waals surface area contributed by atoms with Crippen molar-refractivity contribution >= 4 is 63.6 Å². The van der Waals surface area contributed by atoms with Crippen molar-refractivity contribution in [1.29, 1.82) is 0 Å². The standard InChI is InChI=1S/C53H85N11O9.C9H9N.2C4H10.C3H9N/c1-7-62-27-28-63(8-2)36-53(35-62,64(9-3)10-4)25-12-26-55-32-44(67)29-40-17-15-39(16-18-40)13-11-14-48(70)57-33-43(66)20-23-50(72)61-51(38(5)6)46(68)21-24-49(71)60-45(30-41-31-56-37-59-41)52(73)58-34-42(65)19-22-47(54)69;1-7-6-10-9-5-3-2-4-8(7)9;1-4(2)3;1-3-4-2;1-2-3-4/h15-18,31,37-38,45,51,55H,7-14,19-30,32-36H2,1-6H3,(H2,54,69)(H,56,59)(H,57,70)(H,58,73)(H,60,71)(H,61,72);2-6,10H,1H3;4H,1-3H3;3-4H2,1-2H3;2-4H2,1H3/t45-,51-;;;;/m0..../s1. The number of hydrogen-bond acceptors (Lipinski definition) is 15. The van der Waals surface area contributed by atoms with Crippen LogP contribution >= 0.6 is 0 Å². The third-order valence-corrected chi connectivity index (χ3v) is 16.1. The van der Waals surface area contributed by atoms with Crippen LogP contribution in [0.15, 0.2) is 67.3 Å². The minimum absolute atomic E-state index is 0.0181. The minimum Gasteiger partial charge on any atom is -0.370 e. The zero-order valence-electron chi connectivity index (χ0n) is 60.3. The van der Waals surface area contributed by atoms with E-state index in [9.17, 15) is 43.2 Å². The van der Waals surface area contributed by atoms with Crippen molar-refractivity contribution in [2.24, 2.45) is 23.3 Å². The predicted molar refractivity (Wildman–Crippen MR) is 382 cm³/mol. The van der Waals surface area contributed by atoms with Gasteiger partial charge in [-0.2, -0.15) is 0 Å². The molecule has 95 heavy (non-hydrogen) atoms. The number of nitrogens with zero attached hydrogens (tertiary/aromatic N) is 4. The van der Waals surface area contributed by atoms with Crippen LogP contribution < -0.4 is 38.1 Å². The van der Waals surface area contributed by atoms with E-state index >= 15 is 0 Å². The molecule has 5 rings (SSSR count). The monoisotopic (exact) mass is 1330 g/mol. The lowest BCUT2D eigenvalue weighted by Crippen LogP contribution is -2.59. The number of unbranched alkanes of at least 4 members (excludes halogenated alkanes) is 1. The predicted octanol–water partition coefficient (Wildman–Crippen LogP) is 7.89. The van der Waals surface area contributed by atoms with E-state index in [0.717, 1.165) is 102 Å². The summed E-state index contributed by atoms with van der Waals surface area (Å²) in [6.07, 6.45) is 11.3. The molecule has 1 aliphatic rings. The number of hydrogen-bond donors (Lipinski definition) is 9. The summed E-state index contributed by atoms with van der Waals surface area (Å²) in [4.78, 5) is 131. The number of nitrogens with two attached hydrogens (primary N) is 2. The average Bonchev–Trinajstić information content (AvgIpc) is 1.84. The van der Waals surface area contributed by atoms with Crippen molar-refractivity contribution in [1.82, 2.24) is 56.2 Å². The number of benzene rings is 2. The fraction of sp³-hybridized carbons (Fsp3) is 0.644. The molecule has 0 unspecified atom stereocenters. The Morgan fingerprint density at radius 3 is 1.76 bits per heavy atom. The quantitative estimate of drug-likeness (QED) is 0.0192. The SMILES string of the molecule is CC(C)C.CCCC.CCCN.CCN1CCN(CC)CC(CCCNCC(=O)Cc2ccc(CCCC(=O)NCC(=O)CCC(=O)N[C@H](C(=O)CCC(=O)N[C@@H](Cc3cnc[nH]3)C(=O)NCC(=O)CCC(N)=O)C(C)C)cc2)(N(CC)CC)C1.Cc1c[nH]c2ccccc12. The summed E-state index contributed by atoms with van der Waals surface area (Å²) < 4.78 is 0. The average molecular weight is 1330 g/mol. The Kier molecular flexibility index (Phi) is 45.6. The number of fused-ring (bicyclic) bond motifs is 1. The zero-order valence-corrected chi connectivity index (χ0v) is 60.3. The van der Waals surface area contributed by atoms with Crippen LogP contribution in [-0.2, 0) is 62.4 Å². The number of H-pyrrole nitrogens is 2. The number of nitrogens with one attached hydrogen (secondary N) is 7. The van der Waals surface area contributed by atoms with E-state index in [0.29, 0.717) is 31.5 Å². The van der Waals surface area contributed by atoms with E-state index in [-0.39, 0.29) is 93.4 Å². The number of para-hydroxylation sites is 1. The molecule has 0 radical (unpaired) electrons. The summed E-state index contributed by atoms with van der Waals surface area (Å²) in [5, 5.41) is 15.1. The van der Waals surface area contributed by atoms with Crippen LogP contribution in [0.1, 0.15) is 189 Å². The molecule has 5 amide bonds. The molecule has 4 aromatic rings. The Labute approximate surface area is 568 Å². The first-order valence-corrected chi connectivity index (χ1v) is 35.0. The van der Waals surface area contributed by atoms with Gasteiger partial charge in [0.15, 0.2) is 23.1 Å². The number of carbonyl (C=O) groups excluding carboxylic acids is 9. The topological polar surface area (TPSA) is 320 Å². The Balaban J connectivity index is 0.00000173. The fourth-order valence-electron chi connectivity index (χ4n) is 10.5. The lowest BCUT2D eigenvalue weighted by atomic mass is 9.89. The molecule has 0 spiro atoms. The lowest BCUT2D eigenvalue weighted by Gasteiger charge is -2.46. The van der Waals surface area contributed by atoms with Crippen molar-refractivity contribution in [3.8, 4) is 0 Å².